The van der Waals surface area contributed by atoms with Crippen LogP contribution in [0.25, 0.3) is 0 Å². The van der Waals surface area contributed by atoms with E-state index in [1.54, 1.807) is 13.8 Å². The van der Waals surface area contributed by atoms with Gasteiger partial charge in [0.25, 0.3) is 0 Å². The van der Waals surface area contributed by atoms with Gasteiger partial charge in [-0.15, -0.1) is 0 Å². The van der Waals surface area contributed by atoms with Gasteiger partial charge in [-0.1, -0.05) is 25.0 Å². The Kier molecular flexibility index (Phi) is 4.37. The van der Waals surface area contributed by atoms with Crippen LogP contribution in [0.1, 0.15) is 52.4 Å². The molecule has 1 N–H and O–H groups in total. The van der Waals surface area contributed by atoms with E-state index in [0.717, 1.165) is 18.8 Å². The Morgan fingerprint density at radius 2 is 2.00 bits per heavy atom. The monoisotopic (exact) mass is 210 g/mol. The number of hydrogen-bond acceptors (Lipinski definition) is 1. The molecular formula is C13H22O2. The van der Waals surface area contributed by atoms with Gasteiger partial charge in [0, 0.05) is 0 Å². The van der Waals surface area contributed by atoms with Crippen LogP contribution in [0, 0.1) is 11.3 Å². The molecule has 0 bridgehead atoms. The van der Waals surface area contributed by atoms with E-state index in [2.05, 4.69) is 12.2 Å². The summed E-state index contributed by atoms with van der Waals surface area (Å²) in [5, 5.41) is 8.93. The average molecular weight is 210 g/mol. The fourth-order valence-corrected chi connectivity index (χ4v) is 1.99. The molecule has 0 amide bonds. The van der Waals surface area contributed by atoms with Gasteiger partial charge in [0.05, 0.1) is 5.41 Å². The summed E-state index contributed by atoms with van der Waals surface area (Å²) in [5.41, 5.74) is -0.583. The number of carbonyl (C=O) groups is 1. The van der Waals surface area contributed by atoms with E-state index in [1.807, 2.05) is 0 Å². The van der Waals surface area contributed by atoms with Gasteiger partial charge in [-0.25, -0.2) is 0 Å². The van der Waals surface area contributed by atoms with Crippen molar-refractivity contribution in [3.63, 3.8) is 0 Å². The summed E-state index contributed by atoms with van der Waals surface area (Å²) >= 11 is 0. The van der Waals surface area contributed by atoms with Crippen LogP contribution in [0.4, 0.5) is 0 Å². The van der Waals surface area contributed by atoms with Crippen LogP contribution < -0.4 is 0 Å². The molecule has 1 rings (SSSR count). The van der Waals surface area contributed by atoms with Crippen molar-refractivity contribution < 1.29 is 9.90 Å². The molecular weight excluding hydrogens is 188 g/mol. The van der Waals surface area contributed by atoms with E-state index < -0.39 is 11.4 Å². The van der Waals surface area contributed by atoms with Crippen LogP contribution >= 0.6 is 0 Å². The predicted octanol–water partition coefficient (Wildman–Crippen LogP) is 3.62. The zero-order chi connectivity index (χ0) is 11.3. The minimum absolute atomic E-state index is 0.583. The summed E-state index contributed by atoms with van der Waals surface area (Å²) in [6.07, 6.45) is 11.4. The van der Waals surface area contributed by atoms with Gasteiger partial charge in [0.1, 0.15) is 0 Å². The fraction of sp³-hybridized carbons (Fsp3) is 0.769. The third-order valence-corrected chi connectivity index (χ3v) is 3.32. The highest BCUT2D eigenvalue weighted by molar-refractivity contribution is 5.73. The van der Waals surface area contributed by atoms with Crippen LogP contribution in [-0.4, -0.2) is 11.1 Å². The molecule has 2 heteroatoms. The lowest BCUT2D eigenvalue weighted by molar-refractivity contribution is -0.147. The largest absolute Gasteiger partial charge is 0.481 e. The van der Waals surface area contributed by atoms with E-state index in [4.69, 9.17) is 5.11 Å². The quantitative estimate of drug-likeness (QED) is 0.704. The van der Waals surface area contributed by atoms with Crippen molar-refractivity contribution in [1.29, 1.82) is 0 Å². The standard InChI is InChI=1S/C13H22O2/c1-13(2,12(14)15)10-6-5-9-11-7-3-4-8-11/h5,9,11H,3-4,6-8,10H2,1-2H3,(H,14,15)/b9-5+. The Morgan fingerprint density at radius 1 is 1.40 bits per heavy atom. The van der Waals surface area contributed by atoms with Gasteiger partial charge in [0.2, 0.25) is 0 Å². The number of carboxylic acids is 1. The zero-order valence-corrected chi connectivity index (χ0v) is 9.83. The summed E-state index contributed by atoms with van der Waals surface area (Å²) in [7, 11) is 0. The van der Waals surface area contributed by atoms with Gasteiger partial charge < -0.3 is 5.11 Å². The summed E-state index contributed by atoms with van der Waals surface area (Å²) in [6, 6.07) is 0. The van der Waals surface area contributed by atoms with E-state index >= 15 is 0 Å². The lowest BCUT2D eigenvalue weighted by Crippen LogP contribution is -2.23. The van der Waals surface area contributed by atoms with Crippen molar-refractivity contribution in [3.05, 3.63) is 12.2 Å². The maximum Gasteiger partial charge on any atom is 0.309 e. The highest BCUT2D eigenvalue weighted by Gasteiger charge is 2.25. The maximum atomic E-state index is 10.8. The molecule has 1 fully saturated rings. The normalized spacial score (nSPS) is 18.8. The van der Waals surface area contributed by atoms with Gasteiger partial charge in [0.15, 0.2) is 0 Å². The Bertz CT molecular complexity index is 235. The molecule has 0 aromatic rings. The number of allylic oxidation sites excluding steroid dienone is 2. The first-order valence-electron chi connectivity index (χ1n) is 5.92. The Labute approximate surface area is 92.4 Å². The first kappa shape index (κ1) is 12.3. The zero-order valence-electron chi connectivity index (χ0n) is 9.83. The van der Waals surface area contributed by atoms with Gasteiger partial charge in [-0.05, 0) is 45.4 Å². The molecule has 0 saturated heterocycles. The minimum atomic E-state index is -0.697. The molecule has 1 aliphatic rings. The third kappa shape index (κ3) is 4.06. The van der Waals surface area contributed by atoms with Crippen LogP contribution in [-0.2, 0) is 4.79 Å². The van der Waals surface area contributed by atoms with Crippen molar-refractivity contribution in [3.8, 4) is 0 Å². The van der Waals surface area contributed by atoms with Crippen LogP contribution in [0.3, 0.4) is 0 Å². The van der Waals surface area contributed by atoms with Crippen molar-refractivity contribution >= 4 is 5.97 Å². The molecule has 0 atom stereocenters. The topological polar surface area (TPSA) is 37.3 Å². The van der Waals surface area contributed by atoms with E-state index in [0.29, 0.717) is 0 Å². The van der Waals surface area contributed by atoms with Crippen LogP contribution in [0.5, 0.6) is 0 Å². The molecule has 0 radical (unpaired) electrons. The highest BCUT2D eigenvalue weighted by Crippen LogP contribution is 2.27. The SMILES string of the molecule is CC(C)(CC/C=C/C1CCCC1)C(=O)O. The van der Waals surface area contributed by atoms with Gasteiger partial charge in [-0.2, -0.15) is 0 Å². The summed E-state index contributed by atoms with van der Waals surface area (Å²) in [4.78, 5) is 10.8. The molecule has 0 aromatic heterocycles. The second-order valence-electron chi connectivity index (χ2n) is 5.20. The van der Waals surface area contributed by atoms with E-state index in [-0.39, 0.29) is 0 Å². The van der Waals surface area contributed by atoms with Crippen LogP contribution in [0.2, 0.25) is 0 Å². The number of rotatable bonds is 5. The van der Waals surface area contributed by atoms with Gasteiger partial charge in [-0.3, -0.25) is 4.79 Å². The molecule has 86 valence electrons. The Hall–Kier alpha value is -0.790. The first-order chi connectivity index (χ1) is 7.02. The van der Waals surface area contributed by atoms with E-state index in [1.165, 1.54) is 25.7 Å². The fourth-order valence-electron chi connectivity index (χ4n) is 1.99. The van der Waals surface area contributed by atoms with E-state index in [9.17, 15) is 4.79 Å². The second-order valence-corrected chi connectivity index (χ2v) is 5.20. The van der Waals surface area contributed by atoms with Gasteiger partial charge >= 0.3 is 5.97 Å². The van der Waals surface area contributed by atoms with Crippen molar-refractivity contribution in [2.24, 2.45) is 11.3 Å². The molecule has 0 heterocycles. The smallest absolute Gasteiger partial charge is 0.309 e. The number of hydrogen-bond donors (Lipinski definition) is 1. The van der Waals surface area contributed by atoms with Crippen molar-refractivity contribution in [2.45, 2.75) is 52.4 Å². The highest BCUT2D eigenvalue weighted by atomic mass is 16.4. The Morgan fingerprint density at radius 3 is 2.53 bits per heavy atom. The summed E-state index contributed by atoms with van der Waals surface area (Å²) < 4.78 is 0. The minimum Gasteiger partial charge on any atom is -0.481 e. The predicted molar refractivity (Wildman–Crippen MR) is 61.7 cm³/mol. The average Bonchev–Trinajstić information content (AvgIpc) is 2.64. The first-order valence-corrected chi connectivity index (χ1v) is 5.92. The lowest BCUT2D eigenvalue weighted by Gasteiger charge is -2.17. The molecule has 0 spiro atoms. The summed E-state index contributed by atoms with van der Waals surface area (Å²) in [5.74, 6) is 0.0645. The van der Waals surface area contributed by atoms with Crippen LogP contribution in [0.15, 0.2) is 12.2 Å². The number of carboxylic acid groups (broad SMARTS) is 1. The molecule has 15 heavy (non-hydrogen) atoms. The van der Waals surface area contributed by atoms with Crippen molar-refractivity contribution in [2.75, 3.05) is 0 Å². The molecule has 0 unspecified atom stereocenters. The maximum absolute atomic E-state index is 10.8. The van der Waals surface area contributed by atoms with Crippen molar-refractivity contribution in [1.82, 2.24) is 0 Å². The molecule has 2 nitrogen and oxygen atoms in total. The Balaban J connectivity index is 2.22. The molecule has 0 aliphatic heterocycles. The molecule has 1 saturated carbocycles. The second kappa shape index (κ2) is 5.34. The third-order valence-electron chi connectivity index (χ3n) is 3.32. The summed E-state index contributed by atoms with van der Waals surface area (Å²) in [6.45, 7) is 3.58. The molecule has 1 aliphatic carbocycles. The molecule has 0 aromatic carbocycles. The number of aliphatic carboxylic acids is 1. The lowest BCUT2D eigenvalue weighted by atomic mass is 9.88.